The molecule has 1 fully saturated rings. The number of aryl methyl sites for hydroxylation is 1. The molecule has 0 aromatic heterocycles. The molecule has 0 aliphatic carbocycles. The van der Waals surface area contributed by atoms with Gasteiger partial charge in [-0.25, -0.2) is 0 Å². The van der Waals surface area contributed by atoms with Gasteiger partial charge in [0.25, 0.3) is 0 Å². The highest BCUT2D eigenvalue weighted by Crippen LogP contribution is 2.43. The lowest BCUT2D eigenvalue weighted by molar-refractivity contribution is -0.120. The van der Waals surface area contributed by atoms with Gasteiger partial charge in [-0.3, -0.25) is 4.79 Å². The van der Waals surface area contributed by atoms with E-state index in [2.05, 4.69) is 73.3 Å². The number of hydrogen-bond acceptors (Lipinski definition) is 5. The molecule has 2 heterocycles. The van der Waals surface area contributed by atoms with Crippen molar-refractivity contribution < 1.29 is 9.53 Å². The summed E-state index contributed by atoms with van der Waals surface area (Å²) in [7, 11) is 1.71. The zero-order chi connectivity index (χ0) is 23.9. The third-order valence-corrected chi connectivity index (χ3v) is 6.84. The summed E-state index contributed by atoms with van der Waals surface area (Å²) in [5.74, 6) is 0.748. The second-order valence-corrected chi connectivity index (χ2v) is 9.89. The molecule has 6 nitrogen and oxygen atoms in total. The second-order valence-electron chi connectivity index (χ2n) is 9.48. The molecule has 2 N–H and O–H groups in total. The predicted octanol–water partition coefficient (Wildman–Crippen LogP) is 4.03. The maximum Gasteiger partial charge on any atom is 0.249 e. The molecule has 0 saturated carbocycles. The fourth-order valence-electron chi connectivity index (χ4n) is 4.89. The van der Waals surface area contributed by atoms with Crippen LogP contribution in [0.5, 0.6) is 5.75 Å². The lowest BCUT2D eigenvalue weighted by Gasteiger charge is -2.43. The van der Waals surface area contributed by atoms with Crippen molar-refractivity contribution in [3.63, 3.8) is 0 Å². The Hall–Kier alpha value is -2.80. The predicted molar refractivity (Wildman–Crippen MR) is 139 cm³/mol. The van der Waals surface area contributed by atoms with Gasteiger partial charge in [0.2, 0.25) is 5.91 Å². The third-order valence-electron chi connectivity index (χ3n) is 6.62. The summed E-state index contributed by atoms with van der Waals surface area (Å²) in [5, 5.41) is 6.12. The molecule has 7 heteroatoms. The van der Waals surface area contributed by atoms with E-state index in [9.17, 15) is 4.79 Å². The van der Waals surface area contributed by atoms with Crippen molar-refractivity contribution in [3.05, 3.63) is 41.5 Å². The number of anilines is 2. The first kappa shape index (κ1) is 23.4. The van der Waals surface area contributed by atoms with Crippen LogP contribution in [-0.4, -0.2) is 49.3 Å². The zero-order valence-corrected chi connectivity index (χ0v) is 21.2. The van der Waals surface area contributed by atoms with Crippen LogP contribution in [0.25, 0.3) is 11.1 Å². The van der Waals surface area contributed by atoms with Gasteiger partial charge in [-0.05, 0) is 87.8 Å². The van der Waals surface area contributed by atoms with Crippen LogP contribution >= 0.6 is 12.2 Å². The summed E-state index contributed by atoms with van der Waals surface area (Å²) in [6.45, 7) is 13.2. The number of nitrogens with zero attached hydrogens (tertiary/aromatic N) is 2. The topological polar surface area (TPSA) is 56.8 Å². The maximum absolute atomic E-state index is 12.2. The zero-order valence-electron chi connectivity index (χ0n) is 20.4. The highest BCUT2D eigenvalue weighted by Gasteiger charge is 2.29. The molecule has 4 rings (SSSR count). The number of methoxy groups -OCH3 is 1. The molecule has 1 unspecified atom stereocenters. The van der Waals surface area contributed by atoms with Crippen molar-refractivity contribution in [2.24, 2.45) is 0 Å². The Bertz CT molecular complexity index is 1080. The molecule has 1 amide bonds. The van der Waals surface area contributed by atoms with Crippen molar-refractivity contribution in [1.29, 1.82) is 0 Å². The van der Waals surface area contributed by atoms with Crippen molar-refractivity contribution in [2.45, 2.75) is 59.2 Å². The van der Waals surface area contributed by atoms with E-state index in [1.807, 2.05) is 12.1 Å². The lowest BCUT2D eigenvalue weighted by Crippen LogP contribution is -2.46. The van der Waals surface area contributed by atoms with Crippen LogP contribution in [0.3, 0.4) is 0 Å². The number of nitrogens with one attached hydrogen (secondary N) is 2. The summed E-state index contributed by atoms with van der Waals surface area (Å²) in [4.78, 5) is 17.2. The Morgan fingerprint density at radius 3 is 2.21 bits per heavy atom. The van der Waals surface area contributed by atoms with Gasteiger partial charge in [-0.1, -0.05) is 6.07 Å². The van der Waals surface area contributed by atoms with Crippen LogP contribution in [-0.2, 0) is 11.2 Å². The number of carbonyl (C=O) groups is 1. The van der Waals surface area contributed by atoms with Gasteiger partial charge in [-0.2, -0.15) is 0 Å². The molecular weight excluding hydrogens is 432 g/mol. The lowest BCUT2D eigenvalue weighted by atomic mass is 9.93. The molecule has 0 spiro atoms. The molecular formula is C26H34N4O2S. The Morgan fingerprint density at radius 1 is 1.03 bits per heavy atom. The monoisotopic (exact) mass is 466 g/mol. The minimum absolute atomic E-state index is 0.0799. The summed E-state index contributed by atoms with van der Waals surface area (Å²) in [5.41, 5.74) is 7.02. The van der Waals surface area contributed by atoms with E-state index in [1.165, 1.54) is 16.9 Å². The normalized spacial score (nSPS) is 18.0. The summed E-state index contributed by atoms with van der Waals surface area (Å²) < 4.78 is 5.76. The standard InChI is InChI=1S/C26H34N4O2S/c1-15(2)29-9-10-30(16(3)4)23-14-19(17(5)11-22(23)29)20-12-18(7-8-24(20)32-6)13-21-25(31)28-26(33)27-21/h7-8,11-12,14-16,21H,9-10,13H2,1-6H3,(H2,27,28,31,33). The average molecular weight is 467 g/mol. The van der Waals surface area contributed by atoms with Gasteiger partial charge in [0.1, 0.15) is 11.8 Å². The number of amides is 1. The highest BCUT2D eigenvalue weighted by atomic mass is 32.1. The molecule has 33 heavy (non-hydrogen) atoms. The minimum atomic E-state index is -0.348. The Labute approximate surface area is 202 Å². The average Bonchev–Trinajstić information content (AvgIpc) is 3.08. The van der Waals surface area contributed by atoms with Crippen LogP contribution in [0.15, 0.2) is 30.3 Å². The van der Waals surface area contributed by atoms with Crippen LogP contribution in [0.1, 0.15) is 38.8 Å². The SMILES string of the molecule is COc1ccc(CC2NC(=S)NC2=O)cc1-c1cc2c(cc1C)N(C(C)C)CCN2C(C)C. The number of thiocarbonyl (C=S) groups is 1. The van der Waals surface area contributed by atoms with Gasteiger partial charge < -0.3 is 25.2 Å². The number of hydrogen-bond donors (Lipinski definition) is 2. The van der Waals surface area contributed by atoms with E-state index in [-0.39, 0.29) is 11.9 Å². The Kier molecular flexibility index (Phi) is 6.52. The molecule has 2 aliphatic rings. The van der Waals surface area contributed by atoms with Gasteiger partial charge in [0.05, 0.1) is 18.5 Å². The number of carbonyl (C=O) groups excluding carboxylic acids is 1. The summed E-state index contributed by atoms with van der Waals surface area (Å²) in [6, 6.07) is 11.3. The first-order valence-corrected chi connectivity index (χ1v) is 12.1. The molecule has 1 atom stereocenters. The van der Waals surface area contributed by atoms with E-state index < -0.39 is 0 Å². The number of benzene rings is 2. The van der Waals surface area contributed by atoms with Gasteiger partial charge in [0.15, 0.2) is 5.11 Å². The van der Waals surface area contributed by atoms with E-state index in [0.29, 0.717) is 23.6 Å². The third kappa shape index (κ3) is 4.51. The number of ether oxygens (including phenoxy) is 1. The van der Waals surface area contributed by atoms with Gasteiger partial charge in [-0.15, -0.1) is 0 Å². The largest absolute Gasteiger partial charge is 0.496 e. The minimum Gasteiger partial charge on any atom is -0.496 e. The Morgan fingerprint density at radius 2 is 1.67 bits per heavy atom. The molecule has 2 aliphatic heterocycles. The van der Waals surface area contributed by atoms with Crippen molar-refractivity contribution in [2.75, 3.05) is 30.0 Å². The van der Waals surface area contributed by atoms with Gasteiger partial charge >= 0.3 is 0 Å². The fourth-order valence-corrected chi connectivity index (χ4v) is 5.13. The first-order chi connectivity index (χ1) is 15.7. The van der Waals surface area contributed by atoms with Crippen LogP contribution in [0.2, 0.25) is 0 Å². The summed E-state index contributed by atoms with van der Waals surface area (Å²) >= 11 is 5.09. The van der Waals surface area contributed by atoms with Crippen molar-refractivity contribution in [3.8, 4) is 16.9 Å². The summed E-state index contributed by atoms with van der Waals surface area (Å²) in [6.07, 6.45) is 0.562. The molecule has 2 aromatic rings. The molecule has 0 bridgehead atoms. The van der Waals surface area contributed by atoms with E-state index in [4.69, 9.17) is 17.0 Å². The maximum atomic E-state index is 12.2. The van der Waals surface area contributed by atoms with E-state index in [1.54, 1.807) is 7.11 Å². The smallest absolute Gasteiger partial charge is 0.249 e. The van der Waals surface area contributed by atoms with E-state index in [0.717, 1.165) is 35.5 Å². The van der Waals surface area contributed by atoms with Crippen molar-refractivity contribution >= 4 is 34.6 Å². The van der Waals surface area contributed by atoms with Gasteiger partial charge in [0, 0.05) is 37.2 Å². The van der Waals surface area contributed by atoms with Crippen LogP contribution < -0.4 is 25.2 Å². The van der Waals surface area contributed by atoms with Crippen LogP contribution in [0, 0.1) is 6.92 Å². The molecule has 176 valence electrons. The number of fused-ring (bicyclic) bond motifs is 1. The van der Waals surface area contributed by atoms with E-state index >= 15 is 0 Å². The highest BCUT2D eigenvalue weighted by molar-refractivity contribution is 7.80. The molecule has 1 saturated heterocycles. The fraction of sp³-hybridized carbons (Fsp3) is 0.462. The van der Waals surface area contributed by atoms with Crippen molar-refractivity contribution in [1.82, 2.24) is 10.6 Å². The second kappa shape index (κ2) is 9.21. The Balaban J connectivity index is 1.79. The van der Waals surface area contributed by atoms with Crippen LogP contribution in [0.4, 0.5) is 11.4 Å². The molecule has 2 aromatic carbocycles. The first-order valence-electron chi connectivity index (χ1n) is 11.7. The molecule has 0 radical (unpaired) electrons. The number of rotatable bonds is 6. The quantitative estimate of drug-likeness (QED) is 0.627.